The fraction of sp³-hybridized carbons (Fsp3) is 0.818. The molecule has 1 saturated carbocycles. The summed E-state index contributed by atoms with van der Waals surface area (Å²) in [6.07, 6.45) is -7.24. The summed E-state index contributed by atoms with van der Waals surface area (Å²) in [7, 11) is 0. The lowest BCUT2D eigenvalue weighted by Gasteiger charge is -2.56. The Morgan fingerprint density at radius 3 is 2.52 bits per heavy atom. The quantitative estimate of drug-likeness (QED) is 0.233. The van der Waals surface area contributed by atoms with Crippen molar-refractivity contribution in [1.82, 2.24) is 10.6 Å². The molecule has 21 heavy (non-hydrogen) atoms. The normalized spacial score (nSPS) is 55.4. The van der Waals surface area contributed by atoms with Crippen LogP contribution in [0.1, 0.15) is 0 Å². The van der Waals surface area contributed by atoms with Gasteiger partial charge in [-0.3, -0.25) is 5.41 Å². The second-order valence-corrected chi connectivity index (χ2v) is 5.70. The van der Waals surface area contributed by atoms with E-state index >= 15 is 0 Å². The highest BCUT2D eigenvalue weighted by Gasteiger charge is 2.74. The van der Waals surface area contributed by atoms with Gasteiger partial charge in [-0.05, 0) is 0 Å². The maximum Gasteiger partial charge on any atom is 0.191 e. The van der Waals surface area contributed by atoms with Gasteiger partial charge in [0.25, 0.3) is 0 Å². The summed E-state index contributed by atoms with van der Waals surface area (Å²) >= 11 is 0. The number of rotatable bonds is 2. The van der Waals surface area contributed by atoms with E-state index in [1.807, 2.05) is 0 Å². The van der Waals surface area contributed by atoms with Gasteiger partial charge in [0.2, 0.25) is 0 Å². The Kier molecular flexibility index (Phi) is 3.03. The van der Waals surface area contributed by atoms with E-state index in [4.69, 9.17) is 10.1 Å². The Labute approximate surface area is 118 Å². The van der Waals surface area contributed by atoms with Crippen LogP contribution in [0.4, 0.5) is 0 Å². The van der Waals surface area contributed by atoms with E-state index in [0.717, 1.165) is 0 Å². The molecule has 0 amide bonds. The van der Waals surface area contributed by atoms with Crippen molar-refractivity contribution >= 4 is 12.2 Å². The van der Waals surface area contributed by atoms with Crippen molar-refractivity contribution in [2.24, 2.45) is 5.92 Å². The van der Waals surface area contributed by atoms with E-state index in [-0.39, 0.29) is 5.96 Å². The Bertz CT molecular complexity index is 490. The van der Waals surface area contributed by atoms with Crippen LogP contribution in [0, 0.1) is 11.3 Å². The van der Waals surface area contributed by atoms with E-state index in [9.17, 15) is 30.3 Å². The predicted octanol–water partition coefficient (Wildman–Crippen LogP) is -4.79. The summed E-state index contributed by atoms with van der Waals surface area (Å²) in [4.78, 5) is 11.2. The minimum Gasteiger partial charge on any atom is -0.393 e. The molecule has 6 unspecified atom stereocenters. The van der Waals surface area contributed by atoms with Crippen LogP contribution >= 0.6 is 0 Å². The van der Waals surface area contributed by atoms with Gasteiger partial charge in [-0.1, -0.05) is 0 Å². The molecular weight excluding hydrogens is 286 g/mol. The maximum absolute atomic E-state index is 11.2. The van der Waals surface area contributed by atoms with Crippen LogP contribution in [0.3, 0.4) is 0 Å². The predicted molar refractivity (Wildman–Crippen MR) is 65.0 cm³/mol. The molecule has 0 aromatic heterocycles. The first-order valence-electron chi connectivity index (χ1n) is 6.44. The molecule has 3 aliphatic rings. The van der Waals surface area contributed by atoms with Gasteiger partial charge in [0.05, 0.1) is 18.6 Å². The molecule has 8 atom stereocenters. The molecule has 10 nitrogen and oxygen atoms in total. The lowest BCUT2D eigenvalue weighted by Crippen LogP contribution is -2.83. The highest BCUT2D eigenvalue weighted by molar-refractivity contribution is 5.81. The number of aliphatic hydroxyl groups excluding tert-OH is 4. The van der Waals surface area contributed by atoms with Crippen LogP contribution in [0.2, 0.25) is 0 Å². The lowest BCUT2D eigenvalue weighted by molar-refractivity contribution is -0.258. The molecule has 3 fully saturated rings. The maximum atomic E-state index is 11.2. The van der Waals surface area contributed by atoms with Crippen LogP contribution < -0.4 is 10.6 Å². The van der Waals surface area contributed by atoms with Crippen LogP contribution in [0.25, 0.3) is 0 Å². The zero-order valence-electron chi connectivity index (χ0n) is 10.8. The molecule has 2 saturated heterocycles. The molecule has 2 bridgehead atoms. The number of aliphatic hydroxyl groups is 5. The number of hydrogen-bond acceptors (Lipinski definition) is 8. The fourth-order valence-corrected chi connectivity index (χ4v) is 3.69. The van der Waals surface area contributed by atoms with Gasteiger partial charge in [-0.15, -0.1) is 0 Å². The van der Waals surface area contributed by atoms with Crippen molar-refractivity contribution in [1.29, 1.82) is 5.41 Å². The second-order valence-electron chi connectivity index (χ2n) is 5.70. The smallest absolute Gasteiger partial charge is 0.191 e. The summed E-state index contributed by atoms with van der Waals surface area (Å²) in [6.45, 7) is -0.991. The molecular formula is C11H17N3O7. The zero-order valence-corrected chi connectivity index (χ0v) is 10.8. The fourth-order valence-electron chi connectivity index (χ4n) is 3.69. The SMILES string of the molecule is N=C1NC2O[C@H](C=O)C3(N1)C2C(O)C(O)(CO)C(O)[C@H]3O. The standard InChI is InChI=1S/C11H17N3O7/c12-9-13-8-4-5(17)10(20,2-16)6(18)7(19)11(4,14-9)3(1-15)21-8/h1,3-8,16-20H,2H2,(H3,12,13,14)/t3-,4?,5?,6?,7-,8?,10?,11?/m1/s1. The summed E-state index contributed by atoms with van der Waals surface area (Å²) < 4.78 is 5.36. The first-order chi connectivity index (χ1) is 9.82. The van der Waals surface area contributed by atoms with Crippen molar-refractivity contribution < 1.29 is 35.1 Å². The van der Waals surface area contributed by atoms with E-state index in [1.165, 1.54) is 0 Å². The van der Waals surface area contributed by atoms with Crippen molar-refractivity contribution in [3.8, 4) is 0 Å². The number of carbonyl (C=O) groups excluding carboxylic acids is 1. The van der Waals surface area contributed by atoms with Gasteiger partial charge < -0.3 is 45.7 Å². The minimum atomic E-state index is -2.37. The number of aldehydes is 1. The van der Waals surface area contributed by atoms with Crippen molar-refractivity contribution in [3.63, 3.8) is 0 Å². The monoisotopic (exact) mass is 303 g/mol. The molecule has 10 heteroatoms. The summed E-state index contributed by atoms with van der Waals surface area (Å²) in [5.74, 6) is -1.30. The Morgan fingerprint density at radius 2 is 1.95 bits per heavy atom. The Morgan fingerprint density at radius 1 is 1.29 bits per heavy atom. The molecule has 0 radical (unpaired) electrons. The average Bonchev–Trinajstić information content (AvgIpc) is 2.68. The summed E-state index contributed by atoms with van der Waals surface area (Å²) in [5, 5.41) is 63.1. The molecule has 0 aromatic rings. The van der Waals surface area contributed by atoms with E-state index in [0.29, 0.717) is 6.29 Å². The van der Waals surface area contributed by atoms with Crippen LogP contribution in [0.5, 0.6) is 0 Å². The number of hydrogen-bond donors (Lipinski definition) is 8. The Hall–Kier alpha value is -1.30. The molecule has 3 rings (SSSR count). The first-order valence-corrected chi connectivity index (χ1v) is 6.44. The minimum absolute atomic E-state index is 0.242. The van der Waals surface area contributed by atoms with Crippen LogP contribution in [0.15, 0.2) is 0 Å². The largest absolute Gasteiger partial charge is 0.393 e. The van der Waals surface area contributed by atoms with Crippen molar-refractivity contribution in [2.75, 3.05) is 6.61 Å². The third kappa shape index (κ3) is 1.51. The van der Waals surface area contributed by atoms with Gasteiger partial charge in [0.15, 0.2) is 12.2 Å². The van der Waals surface area contributed by atoms with Crippen LogP contribution in [-0.4, -0.2) is 86.2 Å². The van der Waals surface area contributed by atoms with Gasteiger partial charge >= 0.3 is 0 Å². The highest BCUT2D eigenvalue weighted by Crippen LogP contribution is 2.49. The third-order valence-corrected chi connectivity index (χ3v) is 4.80. The second kappa shape index (κ2) is 4.35. The molecule has 2 aliphatic heterocycles. The number of carbonyl (C=O) groups is 1. The highest BCUT2D eigenvalue weighted by atomic mass is 16.5. The van der Waals surface area contributed by atoms with Gasteiger partial charge in [0.1, 0.15) is 35.7 Å². The molecule has 8 N–H and O–H groups in total. The summed E-state index contributed by atoms with van der Waals surface area (Å²) in [5.41, 5.74) is -4.02. The van der Waals surface area contributed by atoms with Crippen molar-refractivity contribution in [2.45, 2.75) is 41.8 Å². The molecule has 2 heterocycles. The average molecular weight is 303 g/mol. The van der Waals surface area contributed by atoms with Gasteiger partial charge in [-0.2, -0.15) is 0 Å². The summed E-state index contributed by atoms with van der Waals surface area (Å²) in [6, 6.07) is 0. The third-order valence-electron chi connectivity index (χ3n) is 4.80. The van der Waals surface area contributed by atoms with Crippen molar-refractivity contribution in [3.05, 3.63) is 0 Å². The number of guanidine groups is 1. The molecule has 118 valence electrons. The van der Waals surface area contributed by atoms with Gasteiger partial charge in [0, 0.05) is 0 Å². The number of ether oxygens (including phenoxy) is 1. The molecule has 0 aromatic carbocycles. The van der Waals surface area contributed by atoms with E-state index in [2.05, 4.69) is 10.6 Å². The number of nitrogens with one attached hydrogen (secondary N) is 3. The van der Waals surface area contributed by atoms with Gasteiger partial charge in [-0.25, -0.2) is 0 Å². The van der Waals surface area contributed by atoms with Crippen LogP contribution in [-0.2, 0) is 9.53 Å². The topological polar surface area (TPSA) is 175 Å². The molecule has 0 spiro atoms. The molecule has 1 aliphatic carbocycles. The Balaban J connectivity index is 2.14. The van der Waals surface area contributed by atoms with E-state index in [1.54, 1.807) is 0 Å². The lowest BCUT2D eigenvalue weighted by atomic mass is 9.60. The zero-order chi connectivity index (χ0) is 15.6. The first kappa shape index (κ1) is 14.6. The van der Waals surface area contributed by atoms with E-state index < -0.39 is 54.3 Å².